The van der Waals surface area contributed by atoms with Crippen molar-refractivity contribution in [1.29, 1.82) is 0 Å². The highest BCUT2D eigenvalue weighted by molar-refractivity contribution is 5.88. The second kappa shape index (κ2) is 13.2. The number of carbonyl (C=O) groups is 1. The van der Waals surface area contributed by atoms with Crippen LogP contribution in [0.1, 0.15) is 67.3 Å². The molecule has 0 aliphatic carbocycles. The average molecular weight is 574 g/mol. The Bertz CT molecular complexity index is 1480. The monoisotopic (exact) mass is 573 g/mol. The van der Waals surface area contributed by atoms with Crippen LogP contribution in [0.5, 0.6) is 0 Å². The van der Waals surface area contributed by atoms with Crippen LogP contribution in [0.2, 0.25) is 0 Å². The molecule has 1 fully saturated rings. The number of aliphatic imine (C=N–C) groups is 1. The Balaban J connectivity index is 1.24. The fraction of sp³-hybridized carbons (Fsp3) is 0.471. The number of aryl methyl sites for hydroxylation is 2. The first-order valence-electron chi connectivity index (χ1n) is 15.2. The van der Waals surface area contributed by atoms with E-state index in [-0.39, 0.29) is 29.6 Å². The van der Waals surface area contributed by atoms with Gasteiger partial charge >= 0.3 is 0 Å². The summed E-state index contributed by atoms with van der Waals surface area (Å²) < 4.78 is 22.5. The Morgan fingerprint density at radius 1 is 1.21 bits per heavy atom. The van der Waals surface area contributed by atoms with E-state index in [1.165, 1.54) is 11.6 Å². The molecule has 0 radical (unpaired) electrons. The first-order chi connectivity index (χ1) is 20.3. The zero-order chi connectivity index (χ0) is 29.8. The third-order valence-electron chi connectivity index (χ3n) is 8.89. The lowest BCUT2D eigenvalue weighted by atomic mass is 9.91. The topological polar surface area (TPSA) is 98.9 Å². The lowest BCUT2D eigenvalue weighted by Crippen LogP contribution is -2.42. The molecule has 224 valence electrons. The summed E-state index contributed by atoms with van der Waals surface area (Å²) in [6.45, 7) is 6.83. The molecular formula is C34H44FN5O2. The second-order valence-corrected chi connectivity index (χ2v) is 12.0. The number of amides is 1. The van der Waals surface area contributed by atoms with Gasteiger partial charge in [-0.3, -0.25) is 4.79 Å². The van der Waals surface area contributed by atoms with Crippen LogP contribution >= 0.6 is 0 Å². The van der Waals surface area contributed by atoms with Gasteiger partial charge in [0.25, 0.3) is 0 Å². The Labute approximate surface area is 248 Å². The van der Waals surface area contributed by atoms with Gasteiger partial charge in [-0.1, -0.05) is 43.3 Å². The van der Waals surface area contributed by atoms with Crippen LogP contribution in [0.4, 0.5) is 4.39 Å². The second-order valence-electron chi connectivity index (χ2n) is 12.0. The first-order valence-corrected chi connectivity index (χ1v) is 15.2. The molecule has 42 heavy (non-hydrogen) atoms. The number of methoxy groups -OCH3 is 1. The molecule has 3 unspecified atom stereocenters. The van der Waals surface area contributed by atoms with E-state index in [4.69, 9.17) is 16.2 Å². The van der Waals surface area contributed by atoms with Crippen molar-refractivity contribution in [3.63, 3.8) is 0 Å². The third-order valence-corrected chi connectivity index (χ3v) is 8.89. The number of fused-ring (bicyclic) bond motifs is 1. The van der Waals surface area contributed by atoms with Crippen molar-refractivity contribution in [3.8, 4) is 0 Å². The fourth-order valence-corrected chi connectivity index (χ4v) is 6.65. The van der Waals surface area contributed by atoms with Gasteiger partial charge in [-0.2, -0.15) is 0 Å². The number of aromatic nitrogens is 1. The molecule has 8 heteroatoms. The molecule has 0 saturated carbocycles. The van der Waals surface area contributed by atoms with Gasteiger partial charge in [-0.15, -0.1) is 0 Å². The highest BCUT2D eigenvalue weighted by Gasteiger charge is 2.30. The van der Waals surface area contributed by atoms with Crippen molar-refractivity contribution in [2.24, 2.45) is 22.4 Å². The highest BCUT2D eigenvalue weighted by Crippen LogP contribution is 2.37. The molecule has 7 nitrogen and oxygen atoms in total. The van der Waals surface area contributed by atoms with Gasteiger partial charge < -0.3 is 25.7 Å². The van der Waals surface area contributed by atoms with Gasteiger partial charge in [0.05, 0.1) is 5.52 Å². The number of hydrogen-bond donors (Lipinski definition) is 2. The van der Waals surface area contributed by atoms with Crippen LogP contribution in [0.3, 0.4) is 0 Å². The third kappa shape index (κ3) is 6.45. The molecule has 1 amide bonds. The maximum atomic E-state index is 15.0. The number of rotatable bonds is 10. The van der Waals surface area contributed by atoms with Gasteiger partial charge in [-0.25, -0.2) is 9.38 Å². The molecule has 0 spiro atoms. The molecule has 1 saturated heterocycles. The molecule has 5 rings (SSSR count). The molecule has 0 bridgehead atoms. The van der Waals surface area contributed by atoms with Gasteiger partial charge in [-0.05, 0) is 67.4 Å². The summed E-state index contributed by atoms with van der Waals surface area (Å²) in [5.74, 6) is 0.955. The van der Waals surface area contributed by atoms with Crippen LogP contribution in [-0.4, -0.2) is 54.1 Å². The minimum atomic E-state index is -0.265. The SMILES string of the molecule is COCCCn1c(C2CCCN(C(=O)CC(N)Cc3ccc(C4=CN=C(N)C(C)C4)cc3)C2)c(C)c2cccc(F)c21. The highest BCUT2D eigenvalue weighted by atomic mass is 19.1. The smallest absolute Gasteiger partial charge is 0.224 e. The number of halogens is 1. The molecule has 2 aromatic carbocycles. The number of allylic oxidation sites excluding steroid dienone is 1. The van der Waals surface area contributed by atoms with Crippen molar-refractivity contribution in [3.05, 3.63) is 76.9 Å². The normalized spacial score (nSPS) is 20.0. The largest absolute Gasteiger partial charge is 0.387 e. The van der Waals surface area contributed by atoms with E-state index in [0.717, 1.165) is 60.0 Å². The summed E-state index contributed by atoms with van der Waals surface area (Å²) in [6.07, 6.45) is 6.36. The standard InChI is InChI=1S/C34H44FN5O2/c1-22-17-27(20-38-34(22)37)25-12-10-24(11-13-25)18-28(36)19-31(41)39-14-5-7-26(21-39)32-23(2)29-8-4-9-30(35)33(29)40(32)15-6-16-42-3/h4,8-13,20,22,26,28H,5-7,14-19,21,36H2,1-3H3,(H2,37,38). The molecule has 3 atom stereocenters. The van der Waals surface area contributed by atoms with Gasteiger partial charge in [0.1, 0.15) is 11.7 Å². The van der Waals surface area contributed by atoms with Gasteiger partial charge in [0.2, 0.25) is 5.91 Å². The molecule has 3 heterocycles. The molecular weight excluding hydrogens is 529 g/mol. The van der Waals surface area contributed by atoms with Crippen LogP contribution in [0.15, 0.2) is 53.7 Å². The van der Waals surface area contributed by atoms with Crippen LogP contribution in [0.25, 0.3) is 16.5 Å². The van der Waals surface area contributed by atoms with Gasteiger partial charge in [0, 0.05) is 74.9 Å². The molecule has 2 aliphatic rings. The minimum Gasteiger partial charge on any atom is -0.387 e. The van der Waals surface area contributed by atoms with E-state index >= 15 is 4.39 Å². The molecule has 1 aromatic heterocycles. The number of piperidine rings is 1. The average Bonchev–Trinajstić information content (AvgIpc) is 3.27. The zero-order valence-electron chi connectivity index (χ0n) is 25.1. The quantitative estimate of drug-likeness (QED) is 0.312. The van der Waals surface area contributed by atoms with E-state index in [2.05, 4.69) is 47.7 Å². The maximum absolute atomic E-state index is 15.0. The van der Waals surface area contributed by atoms with Crippen molar-refractivity contribution >= 4 is 28.2 Å². The van der Waals surface area contributed by atoms with Crippen LogP contribution < -0.4 is 11.5 Å². The van der Waals surface area contributed by atoms with Crippen molar-refractivity contribution in [2.45, 2.75) is 70.9 Å². The minimum absolute atomic E-state index is 0.0893. The Kier molecular flexibility index (Phi) is 9.43. The van der Waals surface area contributed by atoms with Gasteiger partial charge in [0.15, 0.2) is 0 Å². The lowest BCUT2D eigenvalue weighted by Gasteiger charge is -2.34. The fourth-order valence-electron chi connectivity index (χ4n) is 6.65. The number of nitrogens with zero attached hydrogens (tertiary/aromatic N) is 3. The van der Waals surface area contributed by atoms with E-state index in [1.807, 2.05) is 17.2 Å². The predicted molar refractivity (Wildman–Crippen MR) is 168 cm³/mol. The van der Waals surface area contributed by atoms with Crippen LogP contribution in [0, 0.1) is 18.7 Å². The number of para-hydroxylation sites is 1. The van der Waals surface area contributed by atoms with E-state index < -0.39 is 0 Å². The number of carbonyl (C=O) groups excluding carboxylic acids is 1. The predicted octanol–water partition coefficient (Wildman–Crippen LogP) is 5.53. The Morgan fingerprint density at radius 2 is 2.00 bits per heavy atom. The number of hydrogen-bond acceptors (Lipinski definition) is 5. The van der Waals surface area contributed by atoms with Crippen molar-refractivity contribution in [1.82, 2.24) is 9.47 Å². The number of amidine groups is 1. The number of likely N-dealkylation sites (tertiary alicyclic amines) is 1. The lowest BCUT2D eigenvalue weighted by molar-refractivity contribution is -0.132. The summed E-state index contributed by atoms with van der Waals surface area (Å²) >= 11 is 0. The number of ether oxygens (including phenoxy) is 1. The Hall–Kier alpha value is -3.49. The van der Waals surface area contributed by atoms with Crippen molar-refractivity contribution < 1.29 is 13.9 Å². The van der Waals surface area contributed by atoms with Crippen LogP contribution in [-0.2, 0) is 22.5 Å². The molecule has 2 aliphatic heterocycles. The Morgan fingerprint density at radius 3 is 2.74 bits per heavy atom. The summed E-state index contributed by atoms with van der Waals surface area (Å²) in [5, 5.41) is 0.949. The zero-order valence-corrected chi connectivity index (χ0v) is 25.1. The molecule has 3 aromatic rings. The van der Waals surface area contributed by atoms with E-state index in [1.54, 1.807) is 13.2 Å². The maximum Gasteiger partial charge on any atom is 0.224 e. The number of nitrogens with two attached hydrogens (primary N) is 2. The summed E-state index contributed by atoms with van der Waals surface area (Å²) in [4.78, 5) is 19.7. The number of benzene rings is 2. The van der Waals surface area contributed by atoms with E-state index in [0.29, 0.717) is 43.9 Å². The van der Waals surface area contributed by atoms with Crippen molar-refractivity contribution in [2.75, 3.05) is 26.8 Å². The van der Waals surface area contributed by atoms with E-state index in [9.17, 15) is 4.79 Å². The molecule has 4 N–H and O–H groups in total. The summed E-state index contributed by atoms with van der Waals surface area (Å²) in [5.41, 5.74) is 18.8. The summed E-state index contributed by atoms with van der Waals surface area (Å²) in [6, 6.07) is 13.4. The summed E-state index contributed by atoms with van der Waals surface area (Å²) in [7, 11) is 1.69. The first kappa shape index (κ1) is 30.0.